The average Bonchev–Trinajstić information content (AvgIpc) is 2.98. The predicted octanol–water partition coefficient (Wildman–Crippen LogP) is 7.34. The molecule has 0 fully saturated rings. The minimum atomic E-state index is -1.16. The molecule has 44 heavy (non-hydrogen) atoms. The van der Waals surface area contributed by atoms with Crippen molar-refractivity contribution in [1.29, 1.82) is 0 Å². The van der Waals surface area contributed by atoms with Crippen molar-refractivity contribution in [1.82, 2.24) is 0 Å². The van der Waals surface area contributed by atoms with Gasteiger partial charge in [0.25, 0.3) is 0 Å². The lowest BCUT2D eigenvalue weighted by Gasteiger charge is -2.16. The van der Waals surface area contributed by atoms with Crippen molar-refractivity contribution in [2.45, 2.75) is 94.9 Å². The van der Waals surface area contributed by atoms with Crippen molar-refractivity contribution in [2.24, 2.45) is 0 Å². The third kappa shape index (κ3) is 9.17. The van der Waals surface area contributed by atoms with Gasteiger partial charge in [-0.2, -0.15) is 0 Å². The average molecular weight is 619 g/mol. The molecule has 0 atom stereocenters. The molecule has 12 nitrogen and oxygen atoms in total. The number of hydrogen-bond acceptors (Lipinski definition) is 12. The molecule has 0 N–H and O–H groups in total. The van der Waals surface area contributed by atoms with Crippen molar-refractivity contribution < 1.29 is 58.3 Å². The number of benzene rings is 2. The lowest BCUT2D eigenvalue weighted by atomic mass is 9.90. The molecule has 0 unspecified atom stereocenters. The Bertz CT molecular complexity index is 1230. The quantitative estimate of drug-likeness (QED) is 0.0958. The number of unbranched alkanes of at least 4 members (excludes halogenated alkanes) is 3. The molecule has 0 saturated carbocycles. The highest BCUT2D eigenvalue weighted by Gasteiger charge is 2.22. The van der Waals surface area contributed by atoms with Gasteiger partial charge >= 0.3 is 24.2 Å². The van der Waals surface area contributed by atoms with Gasteiger partial charge in [-0.3, -0.25) is 9.78 Å². The van der Waals surface area contributed by atoms with E-state index in [2.05, 4.69) is 29.6 Å². The number of rotatable bonds is 13. The topological polar surface area (TPSA) is 142 Å². The van der Waals surface area contributed by atoms with Crippen LogP contribution in [-0.4, -0.2) is 37.5 Å². The van der Waals surface area contributed by atoms with Crippen LogP contribution < -0.4 is 0 Å². The molecular weight excluding hydrogens is 576 g/mol. The van der Waals surface area contributed by atoms with Crippen LogP contribution in [0.3, 0.4) is 0 Å². The smallest absolute Gasteiger partial charge is 0.432 e. The fraction of sp³-hybridized carbons (Fsp3) is 0.500. The molecule has 0 amide bonds. The minimum absolute atomic E-state index is 0.0335. The molecule has 0 aliphatic rings. The maximum Gasteiger partial charge on any atom is 0.543 e. The third-order valence-corrected chi connectivity index (χ3v) is 8.31. The molecule has 2 aromatic carbocycles. The van der Waals surface area contributed by atoms with Crippen LogP contribution in [0.1, 0.15) is 102 Å². The first-order valence-corrected chi connectivity index (χ1v) is 14.3. The Kier molecular flexibility index (Phi) is 13.6. The molecule has 0 radical (unpaired) electrons. The van der Waals surface area contributed by atoms with Crippen LogP contribution in [0.25, 0.3) is 0 Å². The van der Waals surface area contributed by atoms with Crippen molar-refractivity contribution >= 4 is 24.2 Å². The summed E-state index contributed by atoms with van der Waals surface area (Å²) in [7, 11) is 0. The van der Waals surface area contributed by atoms with E-state index in [1.54, 1.807) is 0 Å². The Morgan fingerprint density at radius 3 is 0.955 bits per heavy atom. The van der Waals surface area contributed by atoms with Crippen LogP contribution in [0.15, 0.2) is 0 Å². The SMILES string of the molecule is Cc1c(C)c(C)c(C(=O)OOOC(=O)OCCCCCCOC(=O)OOOC(=O)c2c(C)c(C)c(C)c(C)c2C)c(C)c1C. The lowest BCUT2D eigenvalue weighted by molar-refractivity contribution is -0.452. The van der Waals surface area contributed by atoms with E-state index in [0.29, 0.717) is 36.8 Å². The highest BCUT2D eigenvalue weighted by Crippen LogP contribution is 2.28. The summed E-state index contributed by atoms with van der Waals surface area (Å²) in [4.78, 5) is 66.2. The molecule has 242 valence electrons. The Morgan fingerprint density at radius 1 is 0.386 bits per heavy atom. The minimum Gasteiger partial charge on any atom is -0.432 e. The molecule has 0 bridgehead atoms. The fourth-order valence-electron chi connectivity index (χ4n) is 4.76. The fourth-order valence-corrected chi connectivity index (χ4v) is 4.76. The van der Waals surface area contributed by atoms with Gasteiger partial charge < -0.3 is 9.47 Å². The number of carbonyl (C=O) groups excluding carboxylic acids is 4. The lowest BCUT2D eigenvalue weighted by Crippen LogP contribution is -2.16. The van der Waals surface area contributed by atoms with Crippen LogP contribution >= 0.6 is 0 Å². The Balaban J connectivity index is 1.56. The first-order chi connectivity index (χ1) is 20.7. The maximum absolute atomic E-state index is 12.5. The Labute approximate surface area is 257 Å². The van der Waals surface area contributed by atoms with Crippen molar-refractivity contribution in [2.75, 3.05) is 13.2 Å². The molecule has 12 heteroatoms. The summed E-state index contributed by atoms with van der Waals surface area (Å²) >= 11 is 0. The molecule has 0 spiro atoms. The highest BCUT2D eigenvalue weighted by molar-refractivity contribution is 5.94. The number of ether oxygens (including phenoxy) is 2. The maximum atomic E-state index is 12.5. The van der Waals surface area contributed by atoms with Gasteiger partial charge in [0.05, 0.1) is 34.4 Å². The van der Waals surface area contributed by atoms with Gasteiger partial charge in [0.1, 0.15) is 0 Å². The van der Waals surface area contributed by atoms with Crippen LogP contribution in [0.2, 0.25) is 0 Å². The molecule has 0 aliphatic carbocycles. The second kappa shape index (κ2) is 16.6. The summed E-state index contributed by atoms with van der Waals surface area (Å²) in [6.07, 6.45) is -0.0344. The summed E-state index contributed by atoms with van der Waals surface area (Å²) in [6.45, 7) is 18.9. The molecule has 2 rings (SSSR count). The third-order valence-electron chi connectivity index (χ3n) is 8.31. The largest absolute Gasteiger partial charge is 0.543 e. The molecule has 0 saturated heterocycles. The zero-order valence-corrected chi connectivity index (χ0v) is 27.1. The van der Waals surface area contributed by atoms with E-state index in [4.69, 9.17) is 9.47 Å². The van der Waals surface area contributed by atoms with Gasteiger partial charge in [0.15, 0.2) is 0 Å². The zero-order valence-electron chi connectivity index (χ0n) is 27.1. The van der Waals surface area contributed by atoms with E-state index < -0.39 is 24.2 Å². The van der Waals surface area contributed by atoms with Crippen LogP contribution in [0, 0.1) is 69.2 Å². The first kappa shape index (κ1) is 36.0. The van der Waals surface area contributed by atoms with Crippen molar-refractivity contribution in [3.05, 3.63) is 66.8 Å². The summed E-state index contributed by atoms with van der Waals surface area (Å²) in [5, 5.41) is 8.66. The van der Waals surface area contributed by atoms with E-state index in [1.807, 2.05) is 69.2 Å². The summed E-state index contributed by atoms with van der Waals surface area (Å²) in [5.74, 6) is -1.56. The van der Waals surface area contributed by atoms with Crippen molar-refractivity contribution in [3.63, 3.8) is 0 Å². The van der Waals surface area contributed by atoms with E-state index in [-0.39, 0.29) is 13.2 Å². The van der Waals surface area contributed by atoms with E-state index in [0.717, 1.165) is 55.6 Å². The van der Waals surface area contributed by atoms with Gasteiger partial charge in [-0.25, -0.2) is 29.0 Å². The zero-order chi connectivity index (χ0) is 33.1. The first-order valence-electron chi connectivity index (χ1n) is 14.3. The summed E-state index contributed by atoms with van der Waals surface area (Å²) in [6, 6.07) is 0. The monoisotopic (exact) mass is 618 g/mol. The van der Waals surface area contributed by atoms with E-state index in [9.17, 15) is 19.2 Å². The van der Waals surface area contributed by atoms with E-state index in [1.165, 1.54) is 0 Å². The molecule has 0 aliphatic heterocycles. The van der Waals surface area contributed by atoms with Crippen LogP contribution in [0.4, 0.5) is 9.59 Å². The molecule has 0 heterocycles. The highest BCUT2D eigenvalue weighted by atomic mass is 17.5. The van der Waals surface area contributed by atoms with Crippen molar-refractivity contribution in [3.8, 4) is 0 Å². The summed E-state index contributed by atoms with van der Waals surface area (Å²) < 4.78 is 9.73. The molecule has 2 aromatic rings. The van der Waals surface area contributed by atoms with Crippen LogP contribution in [0.5, 0.6) is 0 Å². The van der Waals surface area contributed by atoms with Gasteiger partial charge in [-0.15, -0.1) is 0 Å². The molecular formula is C32H42O12. The second-order valence-corrected chi connectivity index (χ2v) is 10.7. The van der Waals surface area contributed by atoms with Crippen LogP contribution in [-0.2, 0) is 39.1 Å². The Morgan fingerprint density at radius 2 is 0.659 bits per heavy atom. The predicted molar refractivity (Wildman–Crippen MR) is 157 cm³/mol. The second-order valence-electron chi connectivity index (χ2n) is 10.7. The standard InChI is InChI=1S/C32H42O12/c1-17-19(3)23(7)27(24(8)20(17)4)29(33)39-43-41-31(35)37-15-13-11-12-14-16-38-32(36)42-44-40-30(34)28-25(9)21(5)18(2)22(6)26(28)10/h11-16H2,1-10H3. The molecule has 0 aromatic heterocycles. The summed E-state index contributed by atoms with van der Waals surface area (Å²) in [5.41, 5.74) is 9.77. The van der Waals surface area contributed by atoms with E-state index >= 15 is 0 Å². The van der Waals surface area contributed by atoms with Gasteiger partial charge in [-0.1, -0.05) is 0 Å². The van der Waals surface area contributed by atoms with Gasteiger partial charge in [-0.05, 0) is 151 Å². The Hall–Kier alpha value is -4.16. The van der Waals surface area contributed by atoms with Gasteiger partial charge in [0.2, 0.25) is 0 Å². The number of carbonyl (C=O) groups is 4. The van der Waals surface area contributed by atoms with Gasteiger partial charge in [0, 0.05) is 0 Å². The normalized spacial score (nSPS) is 10.7. The number of hydrogen-bond donors (Lipinski definition) is 0.